The summed E-state index contributed by atoms with van der Waals surface area (Å²) in [5.41, 5.74) is 0. The molecular formula is C13H22N4O3. The summed E-state index contributed by atoms with van der Waals surface area (Å²) < 4.78 is 1.81. The largest absolute Gasteiger partial charge is 0.481 e. The van der Waals surface area contributed by atoms with Crippen LogP contribution in [0.5, 0.6) is 0 Å². The maximum absolute atomic E-state index is 11.5. The highest BCUT2D eigenvalue weighted by atomic mass is 16.4. The molecule has 0 radical (unpaired) electrons. The highest BCUT2D eigenvalue weighted by Crippen LogP contribution is 2.06. The molecule has 1 rings (SSSR count). The van der Waals surface area contributed by atoms with Gasteiger partial charge in [-0.05, 0) is 18.4 Å². The number of carboxylic acids is 1. The van der Waals surface area contributed by atoms with Crippen molar-refractivity contribution in [3.63, 3.8) is 0 Å². The van der Waals surface area contributed by atoms with Crippen molar-refractivity contribution in [3.05, 3.63) is 18.5 Å². The van der Waals surface area contributed by atoms with Gasteiger partial charge in [-0.1, -0.05) is 13.3 Å². The minimum Gasteiger partial charge on any atom is -0.481 e. The first-order valence-corrected chi connectivity index (χ1v) is 6.82. The molecule has 2 amide bonds. The third-order valence-electron chi connectivity index (χ3n) is 3.00. The number of rotatable bonds is 9. The van der Waals surface area contributed by atoms with Gasteiger partial charge in [-0.15, -0.1) is 0 Å². The van der Waals surface area contributed by atoms with Crippen LogP contribution in [0.15, 0.2) is 18.5 Å². The van der Waals surface area contributed by atoms with Crippen LogP contribution in [0, 0.1) is 5.92 Å². The average Bonchev–Trinajstić information content (AvgIpc) is 2.92. The number of carbonyl (C=O) groups excluding carboxylic acids is 1. The molecule has 3 N–H and O–H groups in total. The molecule has 7 heteroatoms. The monoisotopic (exact) mass is 282 g/mol. The predicted molar refractivity (Wildman–Crippen MR) is 74.3 cm³/mol. The van der Waals surface area contributed by atoms with Gasteiger partial charge in [0, 0.05) is 38.4 Å². The third kappa shape index (κ3) is 6.77. The van der Waals surface area contributed by atoms with E-state index in [0.717, 1.165) is 19.4 Å². The van der Waals surface area contributed by atoms with Gasteiger partial charge in [-0.2, -0.15) is 5.10 Å². The zero-order chi connectivity index (χ0) is 14.8. The lowest BCUT2D eigenvalue weighted by Crippen LogP contribution is -2.39. The highest BCUT2D eigenvalue weighted by molar-refractivity contribution is 5.74. The van der Waals surface area contributed by atoms with Crippen molar-refractivity contribution in [1.82, 2.24) is 20.4 Å². The van der Waals surface area contributed by atoms with E-state index in [4.69, 9.17) is 5.11 Å². The fourth-order valence-corrected chi connectivity index (χ4v) is 1.78. The minimum atomic E-state index is -0.835. The highest BCUT2D eigenvalue weighted by Gasteiger charge is 2.12. The number of aryl methyl sites for hydroxylation is 1. The summed E-state index contributed by atoms with van der Waals surface area (Å²) in [5, 5.41) is 18.2. The fourth-order valence-electron chi connectivity index (χ4n) is 1.78. The number of carboxylic acid groups (broad SMARTS) is 1. The molecule has 1 heterocycles. The van der Waals surface area contributed by atoms with Crippen molar-refractivity contribution >= 4 is 12.0 Å². The molecule has 1 aromatic heterocycles. The molecule has 1 atom stereocenters. The maximum atomic E-state index is 11.5. The number of nitrogens with one attached hydrogen (secondary N) is 2. The number of nitrogens with zero attached hydrogens (tertiary/aromatic N) is 2. The fraction of sp³-hybridized carbons (Fsp3) is 0.615. The number of aliphatic carboxylic acids is 1. The Morgan fingerprint density at radius 2 is 2.20 bits per heavy atom. The predicted octanol–water partition coefficient (Wildman–Crippen LogP) is 1.07. The Morgan fingerprint density at radius 3 is 2.80 bits per heavy atom. The molecular weight excluding hydrogens is 260 g/mol. The van der Waals surface area contributed by atoms with E-state index in [-0.39, 0.29) is 18.4 Å². The molecule has 0 saturated heterocycles. The Morgan fingerprint density at radius 1 is 1.40 bits per heavy atom. The van der Waals surface area contributed by atoms with E-state index in [1.807, 2.05) is 19.2 Å². The van der Waals surface area contributed by atoms with Crippen LogP contribution >= 0.6 is 0 Å². The van der Waals surface area contributed by atoms with E-state index in [2.05, 4.69) is 15.7 Å². The van der Waals surface area contributed by atoms with Crippen LogP contribution in [0.4, 0.5) is 4.79 Å². The SMILES string of the molecule is CCC(CNC(=O)NCCCn1cccn1)CC(=O)O. The topological polar surface area (TPSA) is 96.3 Å². The molecule has 112 valence electrons. The van der Waals surface area contributed by atoms with Gasteiger partial charge in [0.15, 0.2) is 0 Å². The van der Waals surface area contributed by atoms with E-state index in [1.165, 1.54) is 0 Å². The minimum absolute atomic E-state index is 0.0256. The molecule has 0 aromatic carbocycles. The number of aromatic nitrogens is 2. The van der Waals surface area contributed by atoms with E-state index in [9.17, 15) is 9.59 Å². The number of urea groups is 1. The first kappa shape index (κ1) is 16.0. The summed E-state index contributed by atoms with van der Waals surface area (Å²) >= 11 is 0. The van der Waals surface area contributed by atoms with Gasteiger partial charge in [-0.3, -0.25) is 9.48 Å². The lowest BCUT2D eigenvalue weighted by atomic mass is 10.0. The number of amides is 2. The van der Waals surface area contributed by atoms with Crippen molar-refractivity contribution in [2.45, 2.75) is 32.7 Å². The lowest BCUT2D eigenvalue weighted by molar-refractivity contribution is -0.138. The van der Waals surface area contributed by atoms with Crippen molar-refractivity contribution in [2.75, 3.05) is 13.1 Å². The number of hydrogen-bond donors (Lipinski definition) is 3. The Bertz CT molecular complexity index is 406. The normalized spacial score (nSPS) is 11.8. The summed E-state index contributed by atoms with van der Waals surface area (Å²) in [6, 6.07) is 1.60. The van der Waals surface area contributed by atoms with Gasteiger partial charge in [0.1, 0.15) is 0 Å². The molecule has 20 heavy (non-hydrogen) atoms. The van der Waals surface area contributed by atoms with Crippen molar-refractivity contribution in [3.8, 4) is 0 Å². The number of carbonyl (C=O) groups is 2. The summed E-state index contributed by atoms with van der Waals surface area (Å²) in [5.74, 6) is -0.861. The quantitative estimate of drug-likeness (QED) is 0.590. The van der Waals surface area contributed by atoms with E-state index in [1.54, 1.807) is 10.9 Å². The smallest absolute Gasteiger partial charge is 0.314 e. The molecule has 0 spiro atoms. The molecule has 0 fully saturated rings. The molecule has 1 unspecified atom stereocenters. The second kappa shape index (κ2) is 8.95. The Kier molecular flexibility index (Phi) is 7.16. The van der Waals surface area contributed by atoms with Gasteiger partial charge in [0.05, 0.1) is 0 Å². The zero-order valence-corrected chi connectivity index (χ0v) is 11.7. The first-order chi connectivity index (χ1) is 9.61. The number of hydrogen-bond acceptors (Lipinski definition) is 3. The average molecular weight is 282 g/mol. The van der Waals surface area contributed by atoms with Crippen molar-refractivity contribution in [2.24, 2.45) is 5.92 Å². The molecule has 0 saturated carbocycles. The Labute approximate surface area is 118 Å². The van der Waals surface area contributed by atoms with Crippen LogP contribution in [-0.4, -0.2) is 40.0 Å². The molecule has 0 bridgehead atoms. The van der Waals surface area contributed by atoms with Crippen LogP contribution in [0.2, 0.25) is 0 Å². The van der Waals surface area contributed by atoms with Gasteiger partial charge >= 0.3 is 12.0 Å². The summed E-state index contributed by atoms with van der Waals surface area (Å²) in [6.45, 7) is 3.61. The van der Waals surface area contributed by atoms with Crippen molar-refractivity contribution in [1.29, 1.82) is 0 Å². The first-order valence-electron chi connectivity index (χ1n) is 6.82. The van der Waals surface area contributed by atoms with E-state index in [0.29, 0.717) is 13.1 Å². The van der Waals surface area contributed by atoms with Gasteiger partial charge in [0.2, 0.25) is 0 Å². The molecule has 1 aromatic rings. The second-order valence-corrected chi connectivity index (χ2v) is 4.63. The van der Waals surface area contributed by atoms with Crippen LogP contribution < -0.4 is 10.6 Å². The Balaban J connectivity index is 2.08. The Hall–Kier alpha value is -2.05. The van der Waals surface area contributed by atoms with Crippen LogP contribution in [-0.2, 0) is 11.3 Å². The maximum Gasteiger partial charge on any atom is 0.314 e. The molecule has 7 nitrogen and oxygen atoms in total. The zero-order valence-electron chi connectivity index (χ0n) is 11.7. The summed E-state index contributed by atoms with van der Waals surface area (Å²) in [4.78, 5) is 22.1. The van der Waals surface area contributed by atoms with Gasteiger partial charge in [0.25, 0.3) is 0 Å². The molecule has 0 aliphatic heterocycles. The van der Waals surface area contributed by atoms with Gasteiger partial charge < -0.3 is 15.7 Å². The molecule has 0 aliphatic carbocycles. The van der Waals surface area contributed by atoms with Crippen LogP contribution in [0.3, 0.4) is 0 Å². The van der Waals surface area contributed by atoms with Crippen LogP contribution in [0.25, 0.3) is 0 Å². The van der Waals surface area contributed by atoms with Crippen molar-refractivity contribution < 1.29 is 14.7 Å². The standard InChI is InChI=1S/C13H22N4O3/c1-2-11(9-12(18)19)10-15-13(20)14-5-3-7-17-8-4-6-16-17/h4,6,8,11H,2-3,5,7,9-10H2,1H3,(H,18,19)(H2,14,15,20). The van der Waals surface area contributed by atoms with E-state index >= 15 is 0 Å². The lowest BCUT2D eigenvalue weighted by Gasteiger charge is -2.14. The molecule has 0 aliphatic rings. The third-order valence-corrected chi connectivity index (χ3v) is 3.00. The van der Waals surface area contributed by atoms with E-state index < -0.39 is 5.97 Å². The second-order valence-electron chi connectivity index (χ2n) is 4.63. The summed E-state index contributed by atoms with van der Waals surface area (Å²) in [6.07, 6.45) is 5.19. The summed E-state index contributed by atoms with van der Waals surface area (Å²) in [7, 11) is 0. The van der Waals surface area contributed by atoms with Crippen LogP contribution in [0.1, 0.15) is 26.2 Å². The van der Waals surface area contributed by atoms with Gasteiger partial charge in [-0.25, -0.2) is 4.79 Å².